The van der Waals surface area contributed by atoms with Crippen LogP contribution < -0.4 is 5.32 Å². The zero-order valence-electron chi connectivity index (χ0n) is 11.8. The third-order valence-electron chi connectivity index (χ3n) is 6.08. The Morgan fingerprint density at radius 2 is 1.89 bits per heavy atom. The monoisotopic (exact) mass is 260 g/mol. The van der Waals surface area contributed by atoms with Crippen molar-refractivity contribution in [3.05, 3.63) is 18.0 Å². The van der Waals surface area contributed by atoms with E-state index in [1.165, 1.54) is 38.5 Å². The van der Waals surface area contributed by atoms with E-state index in [1.807, 2.05) is 6.07 Å². The fourth-order valence-electron chi connectivity index (χ4n) is 5.51. The van der Waals surface area contributed by atoms with Gasteiger partial charge in [-0.25, -0.2) is 0 Å². The number of hydrogen-bond acceptors (Lipinski definition) is 3. The Morgan fingerprint density at radius 3 is 2.42 bits per heavy atom. The summed E-state index contributed by atoms with van der Waals surface area (Å²) in [5, 5.41) is 7.72. The first-order valence-corrected chi connectivity index (χ1v) is 7.86. The quantitative estimate of drug-likeness (QED) is 0.902. The molecule has 0 aromatic carbocycles. The molecule has 1 unspecified atom stereocenters. The van der Waals surface area contributed by atoms with Crippen LogP contribution in [0.5, 0.6) is 0 Å². The highest BCUT2D eigenvalue weighted by Crippen LogP contribution is 2.61. The maximum atomic E-state index is 4.91. The average Bonchev–Trinajstić information content (AvgIpc) is 2.87. The molecule has 0 aliphatic heterocycles. The van der Waals surface area contributed by atoms with Gasteiger partial charge in [-0.3, -0.25) is 0 Å². The van der Waals surface area contributed by atoms with Crippen molar-refractivity contribution in [3.63, 3.8) is 0 Å². The normalized spacial score (nSPS) is 41.6. The molecule has 1 atom stereocenters. The molecule has 0 amide bonds. The summed E-state index contributed by atoms with van der Waals surface area (Å²) in [4.78, 5) is 0. The summed E-state index contributed by atoms with van der Waals surface area (Å²) in [5.74, 6) is 3.09. The molecule has 0 saturated heterocycles. The Balaban J connectivity index is 1.45. The van der Waals surface area contributed by atoms with Crippen LogP contribution in [0.2, 0.25) is 0 Å². The summed E-state index contributed by atoms with van der Waals surface area (Å²) in [6.07, 6.45) is 10.6. The third-order valence-corrected chi connectivity index (χ3v) is 6.08. The van der Waals surface area contributed by atoms with Crippen molar-refractivity contribution in [2.24, 2.45) is 23.2 Å². The Kier molecular flexibility index (Phi) is 2.73. The van der Waals surface area contributed by atoms with Crippen LogP contribution in [-0.2, 0) is 6.54 Å². The molecule has 4 bridgehead atoms. The first-order chi connectivity index (χ1) is 9.23. The lowest BCUT2D eigenvalue weighted by Gasteiger charge is -2.59. The second-order valence-electron chi connectivity index (χ2n) is 7.37. The molecule has 19 heavy (non-hydrogen) atoms. The minimum atomic E-state index is 0.582. The van der Waals surface area contributed by atoms with Crippen LogP contribution in [0.25, 0.3) is 0 Å². The van der Waals surface area contributed by atoms with Gasteiger partial charge in [0.05, 0.1) is 5.69 Å². The highest BCUT2D eigenvalue weighted by atomic mass is 16.5. The van der Waals surface area contributed by atoms with Crippen molar-refractivity contribution in [2.75, 3.05) is 0 Å². The van der Waals surface area contributed by atoms with E-state index in [0.717, 1.165) is 30.0 Å². The molecule has 3 nitrogen and oxygen atoms in total. The van der Waals surface area contributed by atoms with Gasteiger partial charge in [0.2, 0.25) is 0 Å². The van der Waals surface area contributed by atoms with E-state index in [0.29, 0.717) is 11.5 Å². The van der Waals surface area contributed by atoms with Gasteiger partial charge in [0.1, 0.15) is 6.26 Å². The average molecular weight is 260 g/mol. The van der Waals surface area contributed by atoms with Crippen molar-refractivity contribution in [1.29, 1.82) is 0 Å². The molecule has 5 rings (SSSR count). The van der Waals surface area contributed by atoms with Gasteiger partial charge < -0.3 is 9.84 Å². The van der Waals surface area contributed by atoms with E-state index >= 15 is 0 Å². The molecular formula is C16H24N2O. The summed E-state index contributed by atoms with van der Waals surface area (Å²) in [6, 6.07) is 2.57. The lowest BCUT2D eigenvalue weighted by Crippen LogP contribution is -2.54. The Morgan fingerprint density at radius 1 is 1.26 bits per heavy atom. The molecule has 0 radical (unpaired) electrons. The standard InChI is InChI=1S/C16H24N2O/c1-11(17-10-15-2-3-19-18-15)16-7-12-4-13(8-16)6-14(5-12)9-16/h2-3,11-14,17H,4-10H2,1H3. The third kappa shape index (κ3) is 2.03. The van der Waals surface area contributed by atoms with Crippen LogP contribution in [0.3, 0.4) is 0 Å². The van der Waals surface area contributed by atoms with Crippen LogP contribution in [0.1, 0.15) is 51.1 Å². The van der Waals surface area contributed by atoms with Crippen LogP contribution in [0.4, 0.5) is 0 Å². The van der Waals surface area contributed by atoms with Gasteiger partial charge in [-0.15, -0.1) is 0 Å². The molecule has 4 aliphatic carbocycles. The predicted molar refractivity (Wildman–Crippen MR) is 73.4 cm³/mol. The van der Waals surface area contributed by atoms with Gasteiger partial charge in [0.25, 0.3) is 0 Å². The van der Waals surface area contributed by atoms with Crippen molar-refractivity contribution >= 4 is 0 Å². The second-order valence-corrected chi connectivity index (χ2v) is 7.37. The molecule has 3 heteroatoms. The summed E-state index contributed by atoms with van der Waals surface area (Å²) in [6.45, 7) is 3.24. The Hall–Kier alpha value is -0.830. The molecule has 1 N–H and O–H groups in total. The van der Waals surface area contributed by atoms with E-state index in [9.17, 15) is 0 Å². The van der Waals surface area contributed by atoms with Gasteiger partial charge in [-0.05, 0) is 68.6 Å². The van der Waals surface area contributed by atoms with E-state index in [4.69, 9.17) is 4.52 Å². The fraction of sp³-hybridized carbons (Fsp3) is 0.812. The number of rotatable bonds is 4. The number of hydrogen-bond donors (Lipinski definition) is 1. The van der Waals surface area contributed by atoms with Gasteiger partial charge in [0.15, 0.2) is 0 Å². The minimum Gasteiger partial charge on any atom is -0.364 e. The molecular weight excluding hydrogens is 236 g/mol. The van der Waals surface area contributed by atoms with Gasteiger partial charge in [-0.1, -0.05) is 5.16 Å². The van der Waals surface area contributed by atoms with Crippen LogP contribution in [0, 0.1) is 23.2 Å². The van der Waals surface area contributed by atoms with Gasteiger partial charge in [0, 0.05) is 18.7 Å². The highest BCUT2D eigenvalue weighted by Gasteiger charge is 2.52. The molecule has 0 spiro atoms. The Labute approximate surface area is 115 Å². The lowest BCUT2D eigenvalue weighted by molar-refractivity contribution is -0.0707. The molecule has 1 aromatic heterocycles. The smallest absolute Gasteiger partial charge is 0.124 e. The minimum absolute atomic E-state index is 0.582. The number of aromatic nitrogens is 1. The maximum absolute atomic E-state index is 4.91. The Bertz CT molecular complexity index is 404. The maximum Gasteiger partial charge on any atom is 0.124 e. The first-order valence-electron chi connectivity index (χ1n) is 7.86. The number of nitrogens with zero attached hydrogens (tertiary/aromatic N) is 1. The van der Waals surface area contributed by atoms with Gasteiger partial charge in [-0.2, -0.15) is 0 Å². The van der Waals surface area contributed by atoms with Gasteiger partial charge >= 0.3 is 0 Å². The van der Waals surface area contributed by atoms with Crippen molar-refractivity contribution in [2.45, 2.75) is 58.0 Å². The van der Waals surface area contributed by atoms with Crippen LogP contribution in [-0.4, -0.2) is 11.2 Å². The summed E-state index contributed by atoms with van der Waals surface area (Å²) < 4.78 is 4.91. The van der Waals surface area contributed by atoms with Crippen molar-refractivity contribution in [1.82, 2.24) is 10.5 Å². The second kappa shape index (κ2) is 4.34. The molecule has 104 valence electrons. The van der Waals surface area contributed by atoms with E-state index in [1.54, 1.807) is 6.26 Å². The predicted octanol–water partition coefficient (Wildman–Crippen LogP) is 3.37. The van der Waals surface area contributed by atoms with E-state index < -0.39 is 0 Å². The molecule has 1 aromatic rings. The van der Waals surface area contributed by atoms with E-state index in [2.05, 4.69) is 17.4 Å². The summed E-state index contributed by atoms with van der Waals surface area (Å²) in [7, 11) is 0. The van der Waals surface area contributed by atoms with Crippen LogP contribution >= 0.6 is 0 Å². The highest BCUT2D eigenvalue weighted by molar-refractivity contribution is 5.06. The summed E-state index contributed by atoms with van der Waals surface area (Å²) >= 11 is 0. The molecule has 1 heterocycles. The van der Waals surface area contributed by atoms with Crippen molar-refractivity contribution < 1.29 is 4.52 Å². The largest absolute Gasteiger partial charge is 0.364 e. The molecule has 4 saturated carbocycles. The molecule has 4 fully saturated rings. The van der Waals surface area contributed by atoms with E-state index in [-0.39, 0.29) is 0 Å². The fourth-order valence-corrected chi connectivity index (χ4v) is 5.51. The first kappa shape index (κ1) is 12.0. The zero-order valence-corrected chi connectivity index (χ0v) is 11.8. The number of nitrogens with one attached hydrogen (secondary N) is 1. The molecule has 4 aliphatic rings. The lowest BCUT2D eigenvalue weighted by atomic mass is 9.48. The summed E-state index contributed by atoms with van der Waals surface area (Å²) in [5.41, 5.74) is 1.61. The zero-order chi connectivity index (χ0) is 12.9. The topological polar surface area (TPSA) is 38.1 Å². The SMILES string of the molecule is CC(NCc1ccon1)C12CC3CC(CC(C3)C1)C2. The van der Waals surface area contributed by atoms with Crippen molar-refractivity contribution in [3.8, 4) is 0 Å². The van der Waals surface area contributed by atoms with Crippen LogP contribution in [0.15, 0.2) is 16.9 Å².